The second-order valence-corrected chi connectivity index (χ2v) is 9.31. The molecule has 10 heteroatoms. The number of rotatable bonds is 8. The Labute approximate surface area is 223 Å². The van der Waals surface area contributed by atoms with Crippen LogP contribution in [0.4, 0.5) is 5.69 Å². The molecule has 0 saturated heterocycles. The van der Waals surface area contributed by atoms with Gasteiger partial charge >= 0.3 is 5.97 Å². The Balaban J connectivity index is 1.61. The number of carbonyl (C=O) groups is 1. The smallest absolute Gasteiger partial charge is 0.363 e. The molecule has 0 unspecified atom stereocenters. The number of hydrogen-bond donors (Lipinski definition) is 0. The maximum Gasteiger partial charge on any atom is 0.363 e. The third-order valence-electron chi connectivity index (χ3n) is 4.86. The molecule has 3 aromatic rings. The van der Waals surface area contributed by atoms with Gasteiger partial charge in [0.05, 0.1) is 20.7 Å². The second-order valence-electron chi connectivity index (χ2n) is 7.29. The molecule has 0 saturated carbocycles. The van der Waals surface area contributed by atoms with Crippen LogP contribution in [0.3, 0.4) is 0 Å². The van der Waals surface area contributed by atoms with Crippen molar-refractivity contribution in [3.8, 4) is 11.5 Å². The number of aliphatic imine (C=N–C) groups is 1. The molecule has 0 radical (unpaired) electrons. The van der Waals surface area contributed by atoms with Crippen LogP contribution in [0.5, 0.6) is 11.5 Å². The highest BCUT2D eigenvalue weighted by molar-refractivity contribution is 14.1. The van der Waals surface area contributed by atoms with Gasteiger partial charge in [-0.3, -0.25) is 10.1 Å². The van der Waals surface area contributed by atoms with Crippen molar-refractivity contribution in [1.82, 2.24) is 0 Å². The minimum Gasteiger partial charge on any atom is -0.490 e. The monoisotopic (exact) mass is 648 g/mol. The van der Waals surface area contributed by atoms with Crippen molar-refractivity contribution in [2.75, 3.05) is 6.61 Å². The van der Waals surface area contributed by atoms with Gasteiger partial charge in [0.1, 0.15) is 6.61 Å². The molecule has 0 bridgehead atoms. The standard InChI is InChI=1S/C25H18BrIN2O6/c1-2-33-22-13-16(12-21-25(30)35-24(28-21)18-8-3-4-9-19(18)26)11-20(27)23(22)34-14-15-6-5-7-17(10-15)29(31)32/h3-13H,2,14H2,1H3/b21-12-. The van der Waals surface area contributed by atoms with Crippen LogP contribution in [0.1, 0.15) is 23.6 Å². The average molecular weight is 649 g/mol. The molecular weight excluding hydrogens is 631 g/mol. The van der Waals surface area contributed by atoms with Crippen molar-refractivity contribution in [3.63, 3.8) is 0 Å². The van der Waals surface area contributed by atoms with Crippen molar-refractivity contribution in [3.05, 3.63) is 101 Å². The largest absolute Gasteiger partial charge is 0.490 e. The topological polar surface area (TPSA) is 100 Å². The second kappa shape index (κ2) is 11.0. The fourth-order valence-corrected chi connectivity index (χ4v) is 4.54. The van der Waals surface area contributed by atoms with E-state index >= 15 is 0 Å². The lowest BCUT2D eigenvalue weighted by molar-refractivity contribution is -0.384. The van der Waals surface area contributed by atoms with Gasteiger partial charge in [-0.15, -0.1) is 0 Å². The Bertz CT molecular complexity index is 1370. The summed E-state index contributed by atoms with van der Waals surface area (Å²) in [6.07, 6.45) is 1.63. The van der Waals surface area contributed by atoms with Crippen LogP contribution in [0.25, 0.3) is 6.08 Å². The molecule has 4 rings (SSSR count). The van der Waals surface area contributed by atoms with Gasteiger partial charge in [-0.2, -0.15) is 0 Å². The molecule has 0 fully saturated rings. The summed E-state index contributed by atoms with van der Waals surface area (Å²) in [7, 11) is 0. The normalized spacial score (nSPS) is 14.0. The SMILES string of the molecule is CCOc1cc(/C=C2\N=C(c3ccccc3Br)OC2=O)cc(I)c1OCc1cccc([N+](=O)[O-])c1. The molecule has 0 aromatic heterocycles. The van der Waals surface area contributed by atoms with Crippen LogP contribution in [0.2, 0.25) is 0 Å². The molecule has 35 heavy (non-hydrogen) atoms. The highest BCUT2D eigenvalue weighted by atomic mass is 127. The van der Waals surface area contributed by atoms with Crippen LogP contribution < -0.4 is 9.47 Å². The zero-order chi connectivity index (χ0) is 24.9. The summed E-state index contributed by atoms with van der Waals surface area (Å²) < 4.78 is 18.6. The number of cyclic esters (lactones) is 1. The number of hydrogen-bond acceptors (Lipinski definition) is 7. The van der Waals surface area contributed by atoms with E-state index in [0.717, 1.165) is 8.04 Å². The van der Waals surface area contributed by atoms with Crippen molar-refractivity contribution >= 4 is 62.2 Å². The van der Waals surface area contributed by atoms with Crippen LogP contribution >= 0.6 is 38.5 Å². The fraction of sp³-hybridized carbons (Fsp3) is 0.120. The van der Waals surface area contributed by atoms with Crippen LogP contribution in [-0.4, -0.2) is 23.4 Å². The van der Waals surface area contributed by atoms with Gasteiger partial charge in [0, 0.05) is 16.6 Å². The highest BCUT2D eigenvalue weighted by Crippen LogP contribution is 2.36. The first-order valence-electron chi connectivity index (χ1n) is 10.5. The molecule has 0 N–H and O–H groups in total. The molecule has 0 atom stereocenters. The maximum absolute atomic E-state index is 12.4. The first-order valence-corrected chi connectivity index (χ1v) is 12.3. The Morgan fingerprint density at radius 2 is 1.94 bits per heavy atom. The third kappa shape index (κ3) is 5.88. The van der Waals surface area contributed by atoms with Crippen LogP contribution in [0.15, 0.2) is 75.8 Å². The molecular formula is C25H18BrIN2O6. The van der Waals surface area contributed by atoms with Gasteiger partial charge in [0.25, 0.3) is 5.69 Å². The number of esters is 1. The van der Waals surface area contributed by atoms with E-state index in [1.54, 1.807) is 24.3 Å². The molecule has 178 valence electrons. The first-order chi connectivity index (χ1) is 16.9. The third-order valence-corrected chi connectivity index (χ3v) is 6.36. The van der Waals surface area contributed by atoms with Crippen molar-refractivity contribution < 1.29 is 23.9 Å². The molecule has 0 spiro atoms. The van der Waals surface area contributed by atoms with E-state index in [1.165, 1.54) is 12.1 Å². The van der Waals surface area contributed by atoms with E-state index in [4.69, 9.17) is 14.2 Å². The lowest BCUT2D eigenvalue weighted by Gasteiger charge is -2.15. The van der Waals surface area contributed by atoms with Crippen molar-refractivity contribution in [2.24, 2.45) is 4.99 Å². The van der Waals surface area contributed by atoms with E-state index in [9.17, 15) is 14.9 Å². The predicted octanol–water partition coefficient (Wildman–Crippen LogP) is 6.28. The molecule has 0 amide bonds. The summed E-state index contributed by atoms with van der Waals surface area (Å²) in [5, 5.41) is 11.0. The number of carbonyl (C=O) groups excluding carboxylic acids is 1. The fourth-order valence-electron chi connectivity index (χ4n) is 3.31. The number of non-ortho nitro benzene ring substituents is 1. The number of halogens is 2. The van der Waals surface area contributed by atoms with Gasteiger partial charge in [0.2, 0.25) is 5.90 Å². The van der Waals surface area contributed by atoms with E-state index in [-0.39, 0.29) is 23.9 Å². The lowest BCUT2D eigenvalue weighted by atomic mass is 10.1. The minimum atomic E-state index is -0.547. The van der Waals surface area contributed by atoms with Gasteiger partial charge in [-0.1, -0.05) is 24.3 Å². The quantitative estimate of drug-likeness (QED) is 0.0937. The molecule has 3 aromatic carbocycles. The summed E-state index contributed by atoms with van der Waals surface area (Å²) in [5.74, 6) is 0.672. The number of nitro benzene ring substituents is 1. The zero-order valence-electron chi connectivity index (χ0n) is 18.4. The van der Waals surface area contributed by atoms with Crippen molar-refractivity contribution in [2.45, 2.75) is 13.5 Å². The first kappa shape index (κ1) is 24.9. The lowest BCUT2D eigenvalue weighted by Crippen LogP contribution is -2.06. The number of nitro groups is 1. The minimum absolute atomic E-state index is 0.00120. The average Bonchev–Trinajstić information content (AvgIpc) is 3.19. The van der Waals surface area contributed by atoms with Crippen LogP contribution in [0, 0.1) is 13.7 Å². The van der Waals surface area contributed by atoms with Crippen LogP contribution in [-0.2, 0) is 16.1 Å². The van der Waals surface area contributed by atoms with E-state index in [0.29, 0.717) is 34.8 Å². The summed E-state index contributed by atoms with van der Waals surface area (Å²) in [6.45, 7) is 2.38. The highest BCUT2D eigenvalue weighted by Gasteiger charge is 2.25. The summed E-state index contributed by atoms with van der Waals surface area (Å²) in [5.41, 5.74) is 2.19. The summed E-state index contributed by atoms with van der Waals surface area (Å²) >= 11 is 5.56. The molecule has 0 aliphatic carbocycles. The maximum atomic E-state index is 12.4. The van der Waals surface area contributed by atoms with E-state index < -0.39 is 10.9 Å². The van der Waals surface area contributed by atoms with E-state index in [2.05, 4.69) is 43.5 Å². The van der Waals surface area contributed by atoms with E-state index in [1.807, 2.05) is 37.3 Å². The Kier molecular flexibility index (Phi) is 7.81. The summed E-state index contributed by atoms with van der Waals surface area (Å²) in [4.78, 5) is 27.4. The predicted molar refractivity (Wildman–Crippen MR) is 143 cm³/mol. The Morgan fingerprint density at radius 3 is 2.69 bits per heavy atom. The summed E-state index contributed by atoms with van der Waals surface area (Å²) in [6, 6.07) is 17.2. The van der Waals surface area contributed by atoms with Crippen molar-refractivity contribution in [1.29, 1.82) is 0 Å². The number of benzene rings is 3. The number of nitrogens with zero attached hydrogens (tertiary/aromatic N) is 2. The van der Waals surface area contributed by atoms with Gasteiger partial charge in [0.15, 0.2) is 17.2 Å². The Hall–Kier alpha value is -3.25. The van der Waals surface area contributed by atoms with Gasteiger partial charge in [-0.05, 0) is 86.9 Å². The molecule has 1 heterocycles. The van der Waals surface area contributed by atoms with Gasteiger partial charge in [-0.25, -0.2) is 9.79 Å². The molecule has 8 nitrogen and oxygen atoms in total. The molecule has 1 aliphatic heterocycles. The molecule has 1 aliphatic rings. The van der Waals surface area contributed by atoms with Gasteiger partial charge < -0.3 is 14.2 Å². The Morgan fingerprint density at radius 1 is 1.14 bits per heavy atom. The number of ether oxygens (including phenoxy) is 3. The zero-order valence-corrected chi connectivity index (χ0v) is 22.1.